The fourth-order valence-electron chi connectivity index (χ4n) is 6.78. The Morgan fingerprint density at radius 1 is 1.12 bits per heavy atom. The number of fused-ring (bicyclic) bond motifs is 4. The van der Waals surface area contributed by atoms with Gasteiger partial charge in [0.1, 0.15) is 16.5 Å². The number of aliphatic hydroxyl groups excluding tert-OH is 1. The highest BCUT2D eigenvalue weighted by molar-refractivity contribution is 6.31. The lowest BCUT2D eigenvalue weighted by Crippen LogP contribution is -2.53. The number of halogens is 1. The highest BCUT2D eigenvalue weighted by Gasteiger charge is 2.62. The van der Waals surface area contributed by atoms with Crippen molar-refractivity contribution in [1.29, 1.82) is 0 Å². The molecule has 2 aromatic heterocycles. The topological polar surface area (TPSA) is 127 Å². The van der Waals surface area contributed by atoms with Crippen LogP contribution in [0.5, 0.6) is 11.6 Å². The van der Waals surface area contributed by atoms with E-state index >= 15 is 0 Å². The van der Waals surface area contributed by atoms with Gasteiger partial charge in [-0.15, -0.1) is 0 Å². The Balaban J connectivity index is 1.66. The van der Waals surface area contributed by atoms with Gasteiger partial charge in [-0.3, -0.25) is 14.5 Å². The molecule has 228 valence electrons. The average Bonchev–Trinajstić information content (AvgIpc) is 3.36. The minimum atomic E-state index is -1.39. The van der Waals surface area contributed by atoms with E-state index in [0.717, 1.165) is 25.7 Å². The van der Waals surface area contributed by atoms with E-state index < -0.39 is 5.41 Å². The lowest BCUT2D eigenvalue weighted by Gasteiger charge is -2.50. The number of aliphatic hydroxyl groups is 1. The third-order valence-electron chi connectivity index (χ3n) is 8.98. The van der Waals surface area contributed by atoms with Crippen molar-refractivity contribution in [3.05, 3.63) is 38.9 Å². The van der Waals surface area contributed by atoms with Gasteiger partial charge in [-0.1, -0.05) is 38.3 Å². The normalized spacial score (nSPS) is 24.7. The Morgan fingerprint density at radius 2 is 1.81 bits per heavy atom. The Kier molecular flexibility index (Phi) is 8.58. The first-order chi connectivity index (χ1) is 20.1. The predicted molar refractivity (Wildman–Crippen MR) is 159 cm³/mol. The Morgan fingerprint density at radius 3 is 2.45 bits per heavy atom. The van der Waals surface area contributed by atoms with E-state index in [1.165, 1.54) is 0 Å². The molecular formula is C31H41ClN4O6. The fraction of sp³-hybridized carbons (Fsp3) is 0.613. The molecule has 3 aliphatic carbocycles. The van der Waals surface area contributed by atoms with Crippen LogP contribution in [0.4, 0.5) is 5.82 Å². The van der Waals surface area contributed by atoms with Crippen LogP contribution < -0.4 is 14.8 Å². The molecule has 0 aliphatic heterocycles. The van der Waals surface area contributed by atoms with Crippen LogP contribution in [0.2, 0.25) is 5.15 Å². The third-order valence-corrected chi connectivity index (χ3v) is 9.29. The minimum absolute atomic E-state index is 0.134. The number of nitrogens with zero attached hydrogens (tertiary/aromatic N) is 3. The number of ketones is 2. The highest BCUT2D eigenvalue weighted by Crippen LogP contribution is 2.60. The summed E-state index contributed by atoms with van der Waals surface area (Å²) in [5.41, 5.74) is 0.00699. The van der Waals surface area contributed by atoms with Crippen LogP contribution in [0, 0.1) is 17.3 Å². The van der Waals surface area contributed by atoms with Crippen molar-refractivity contribution in [2.45, 2.75) is 72.3 Å². The second-order valence-electron chi connectivity index (χ2n) is 11.9. The van der Waals surface area contributed by atoms with Crippen molar-refractivity contribution in [3.8, 4) is 11.6 Å². The lowest BCUT2D eigenvalue weighted by atomic mass is 9.54. The zero-order chi connectivity index (χ0) is 30.3. The van der Waals surface area contributed by atoms with Gasteiger partial charge in [0.2, 0.25) is 0 Å². The van der Waals surface area contributed by atoms with E-state index in [9.17, 15) is 14.7 Å². The summed E-state index contributed by atoms with van der Waals surface area (Å²) in [6.07, 6.45) is 4.29. The van der Waals surface area contributed by atoms with Crippen LogP contribution in [0.15, 0.2) is 15.9 Å². The second-order valence-corrected chi connectivity index (χ2v) is 12.2. The van der Waals surface area contributed by atoms with Crippen LogP contribution in [0.1, 0.15) is 97.9 Å². The highest BCUT2D eigenvalue weighted by atomic mass is 35.5. The first-order valence-corrected chi connectivity index (χ1v) is 15.4. The number of pyridine rings is 1. The standard InChI is InChI=1S/C31H41ClN4O6/c1-7-10-12-40-25-20-17(28(32)34-29(25)33-9-3)14-16-15-18-22(36(5)6)24-21(30(35-42-24)41-13-11-8-2)27(39)31(18,4)26(38)19(16)23(20)37/h16,18,22,38H,7-15H2,1-6H3,(H,33,34)/t16-,18-,22-,31+/m0/s1. The summed E-state index contributed by atoms with van der Waals surface area (Å²) in [5.74, 6) is -0.386. The molecule has 2 N–H and O–H groups in total. The number of carbonyl (C=O) groups excluding carboxylic acids is 2. The summed E-state index contributed by atoms with van der Waals surface area (Å²) in [6, 6.07) is -0.378. The molecule has 0 bridgehead atoms. The van der Waals surface area contributed by atoms with Crippen LogP contribution >= 0.6 is 11.6 Å². The number of carbonyl (C=O) groups is 2. The summed E-state index contributed by atoms with van der Waals surface area (Å²) in [4.78, 5) is 35.3. The summed E-state index contributed by atoms with van der Waals surface area (Å²) < 4.78 is 17.8. The molecule has 0 saturated heterocycles. The molecule has 42 heavy (non-hydrogen) atoms. The number of ether oxygens (including phenoxy) is 2. The Labute approximate surface area is 251 Å². The molecule has 0 radical (unpaired) electrons. The SMILES string of the molecule is CCCCOc1noc2c1C(=O)[C@@]1(C)C(O)=C3C(=O)c4c(c(Cl)nc(NCC)c4OCCCC)C[C@H]3C[C@H]1[C@@H]2N(C)C. The minimum Gasteiger partial charge on any atom is -0.511 e. The molecule has 0 spiro atoms. The monoisotopic (exact) mass is 600 g/mol. The number of hydrogen-bond donors (Lipinski definition) is 2. The van der Waals surface area contributed by atoms with Crippen LogP contribution in [-0.2, 0) is 6.42 Å². The molecule has 0 unspecified atom stereocenters. The first-order valence-electron chi connectivity index (χ1n) is 15.0. The second kappa shape index (κ2) is 11.9. The number of Topliss-reactive ketones (excluding diaryl/α,β-unsaturated/α-hetero) is 2. The number of aromatic nitrogens is 2. The van der Waals surface area contributed by atoms with Gasteiger partial charge in [0.15, 0.2) is 28.9 Å². The number of rotatable bonds is 11. The largest absolute Gasteiger partial charge is 0.511 e. The van der Waals surface area contributed by atoms with Gasteiger partial charge in [0.05, 0.1) is 30.2 Å². The van der Waals surface area contributed by atoms with E-state index in [1.54, 1.807) is 6.92 Å². The van der Waals surface area contributed by atoms with Crippen molar-refractivity contribution in [2.75, 3.05) is 39.2 Å². The van der Waals surface area contributed by atoms with Gasteiger partial charge in [-0.25, -0.2) is 4.98 Å². The third kappa shape index (κ3) is 4.67. The zero-order valence-electron chi connectivity index (χ0n) is 25.3. The van der Waals surface area contributed by atoms with Crippen molar-refractivity contribution < 1.29 is 28.7 Å². The molecule has 10 nitrogen and oxygen atoms in total. The quantitative estimate of drug-likeness (QED) is 0.227. The summed E-state index contributed by atoms with van der Waals surface area (Å²) >= 11 is 6.70. The predicted octanol–water partition coefficient (Wildman–Crippen LogP) is 6.21. The van der Waals surface area contributed by atoms with Gasteiger partial charge in [-0.2, -0.15) is 0 Å². The number of unbranched alkanes of at least 4 members (excludes halogenated alkanes) is 2. The molecule has 0 aromatic carbocycles. The van der Waals surface area contributed by atoms with Gasteiger partial charge >= 0.3 is 0 Å². The van der Waals surface area contributed by atoms with Crippen molar-refractivity contribution >= 4 is 29.0 Å². The first kappa shape index (κ1) is 30.4. The molecule has 0 fully saturated rings. The summed E-state index contributed by atoms with van der Waals surface area (Å²) in [6.45, 7) is 9.12. The van der Waals surface area contributed by atoms with Crippen molar-refractivity contribution in [1.82, 2.24) is 15.0 Å². The smallest absolute Gasteiger partial charge is 0.265 e. The molecule has 0 amide bonds. The van der Waals surface area contributed by atoms with Gasteiger partial charge in [0.25, 0.3) is 5.88 Å². The molecule has 5 rings (SSSR count). The Hall–Kier alpha value is -3.11. The summed E-state index contributed by atoms with van der Waals surface area (Å²) in [5, 5.41) is 19.6. The van der Waals surface area contributed by atoms with Crippen LogP contribution in [-0.4, -0.2) is 65.6 Å². The van der Waals surface area contributed by atoms with E-state index in [-0.39, 0.29) is 57.4 Å². The number of anilines is 1. The zero-order valence-corrected chi connectivity index (χ0v) is 26.1. The van der Waals surface area contributed by atoms with E-state index in [1.807, 2.05) is 32.8 Å². The van der Waals surface area contributed by atoms with Crippen LogP contribution in [0.3, 0.4) is 0 Å². The van der Waals surface area contributed by atoms with E-state index in [2.05, 4.69) is 22.4 Å². The molecule has 0 saturated carbocycles. The van der Waals surface area contributed by atoms with E-state index in [4.69, 9.17) is 25.6 Å². The molecule has 11 heteroatoms. The van der Waals surface area contributed by atoms with Crippen molar-refractivity contribution in [3.63, 3.8) is 0 Å². The van der Waals surface area contributed by atoms with E-state index in [0.29, 0.717) is 61.1 Å². The fourth-order valence-corrected chi connectivity index (χ4v) is 7.04. The molecular weight excluding hydrogens is 560 g/mol. The number of nitrogens with one attached hydrogen (secondary N) is 1. The van der Waals surface area contributed by atoms with Crippen molar-refractivity contribution in [2.24, 2.45) is 17.3 Å². The lowest BCUT2D eigenvalue weighted by molar-refractivity contribution is 0.0175. The molecule has 4 atom stereocenters. The Bertz CT molecular complexity index is 1420. The van der Waals surface area contributed by atoms with Gasteiger partial charge in [0, 0.05) is 23.6 Å². The maximum atomic E-state index is 14.4. The van der Waals surface area contributed by atoms with Crippen LogP contribution in [0.25, 0.3) is 0 Å². The molecule has 3 aliphatic rings. The molecule has 2 heterocycles. The molecule has 2 aromatic rings. The summed E-state index contributed by atoms with van der Waals surface area (Å²) in [7, 11) is 3.82. The van der Waals surface area contributed by atoms with Gasteiger partial charge < -0.3 is 24.4 Å². The number of hydrogen-bond acceptors (Lipinski definition) is 10. The van der Waals surface area contributed by atoms with Gasteiger partial charge in [-0.05, 0) is 64.7 Å². The maximum absolute atomic E-state index is 14.4. The maximum Gasteiger partial charge on any atom is 0.265 e. The average molecular weight is 601 g/mol. The number of allylic oxidation sites excluding steroid dienone is 2.